The van der Waals surface area contributed by atoms with Crippen molar-refractivity contribution in [3.63, 3.8) is 0 Å². The van der Waals surface area contributed by atoms with Gasteiger partial charge in [0.2, 0.25) is 5.91 Å². The molecule has 1 atom stereocenters. The van der Waals surface area contributed by atoms with Gasteiger partial charge in [0, 0.05) is 15.3 Å². The monoisotopic (exact) mass is 406 g/mol. The maximum absolute atomic E-state index is 12.6. The van der Waals surface area contributed by atoms with Crippen LogP contribution in [-0.2, 0) is 4.79 Å². The van der Waals surface area contributed by atoms with Crippen molar-refractivity contribution in [3.8, 4) is 0 Å². The molecule has 1 amide bonds. The molecule has 0 saturated heterocycles. The Kier molecular flexibility index (Phi) is 4.66. The molecule has 114 valence electrons. The highest BCUT2D eigenvalue weighted by Crippen LogP contribution is 2.25. The molecule has 1 aliphatic carbocycles. The highest BCUT2D eigenvalue weighted by molar-refractivity contribution is 14.1. The lowest BCUT2D eigenvalue weighted by atomic mass is 10.1. The number of nitrogens with one attached hydrogen (secondary N) is 2. The van der Waals surface area contributed by atoms with E-state index in [1.165, 1.54) is 9.13 Å². The van der Waals surface area contributed by atoms with Crippen LogP contribution >= 0.6 is 22.6 Å². The van der Waals surface area contributed by atoms with Gasteiger partial charge in [-0.25, -0.2) is 0 Å². The van der Waals surface area contributed by atoms with E-state index in [9.17, 15) is 4.79 Å². The molecule has 0 unspecified atom stereocenters. The number of aryl methyl sites for hydroxylation is 1. The van der Waals surface area contributed by atoms with Crippen LogP contribution in [0, 0.1) is 10.5 Å². The second kappa shape index (κ2) is 6.69. The summed E-state index contributed by atoms with van der Waals surface area (Å²) in [5.74, 6) is 0.0456. The van der Waals surface area contributed by atoms with Gasteiger partial charge in [-0.1, -0.05) is 36.4 Å². The predicted octanol–water partition coefficient (Wildman–Crippen LogP) is 4.03. The lowest BCUT2D eigenvalue weighted by Gasteiger charge is -2.20. The summed E-state index contributed by atoms with van der Waals surface area (Å²) in [6.07, 6.45) is 2.19. The zero-order valence-electron chi connectivity index (χ0n) is 12.5. The van der Waals surface area contributed by atoms with Gasteiger partial charge in [0.25, 0.3) is 0 Å². The number of carbonyl (C=O) groups is 1. The number of hydrogen-bond donors (Lipinski definition) is 2. The van der Waals surface area contributed by atoms with Crippen LogP contribution in [0.2, 0.25) is 0 Å². The Balaban J connectivity index is 1.83. The second-order valence-electron chi connectivity index (χ2n) is 5.73. The molecular weight excluding hydrogens is 387 g/mol. The van der Waals surface area contributed by atoms with Gasteiger partial charge >= 0.3 is 0 Å². The SMILES string of the molecule is Cc1ccc(N[C@H](C(=O)NC2CC2)c2ccccc2)cc1I. The summed E-state index contributed by atoms with van der Waals surface area (Å²) in [6, 6.07) is 16.1. The van der Waals surface area contributed by atoms with Crippen molar-refractivity contribution in [2.75, 3.05) is 5.32 Å². The molecule has 0 aliphatic heterocycles. The summed E-state index contributed by atoms with van der Waals surface area (Å²) in [5.41, 5.74) is 3.19. The molecule has 2 aromatic rings. The van der Waals surface area contributed by atoms with Crippen LogP contribution in [-0.4, -0.2) is 11.9 Å². The van der Waals surface area contributed by atoms with E-state index in [-0.39, 0.29) is 11.9 Å². The third-order valence-corrected chi connectivity index (χ3v) is 4.96. The van der Waals surface area contributed by atoms with Crippen molar-refractivity contribution in [1.29, 1.82) is 0 Å². The Bertz CT molecular complexity index is 668. The van der Waals surface area contributed by atoms with Crippen molar-refractivity contribution in [2.45, 2.75) is 31.8 Å². The van der Waals surface area contributed by atoms with Crippen molar-refractivity contribution in [3.05, 3.63) is 63.2 Å². The summed E-state index contributed by atoms with van der Waals surface area (Å²) in [5, 5.41) is 6.47. The molecule has 0 spiro atoms. The zero-order valence-corrected chi connectivity index (χ0v) is 14.6. The van der Waals surface area contributed by atoms with Crippen molar-refractivity contribution in [2.24, 2.45) is 0 Å². The van der Waals surface area contributed by atoms with Gasteiger partial charge in [-0.15, -0.1) is 0 Å². The molecule has 4 heteroatoms. The summed E-state index contributed by atoms with van der Waals surface area (Å²) in [6.45, 7) is 2.08. The summed E-state index contributed by atoms with van der Waals surface area (Å²) in [4.78, 5) is 12.6. The first kappa shape index (κ1) is 15.3. The van der Waals surface area contributed by atoms with E-state index in [0.29, 0.717) is 6.04 Å². The molecule has 1 saturated carbocycles. The molecule has 22 heavy (non-hydrogen) atoms. The largest absolute Gasteiger partial charge is 0.370 e. The smallest absolute Gasteiger partial charge is 0.247 e. The number of amides is 1. The van der Waals surface area contributed by atoms with Crippen LogP contribution < -0.4 is 10.6 Å². The second-order valence-corrected chi connectivity index (χ2v) is 6.90. The minimum Gasteiger partial charge on any atom is -0.370 e. The van der Waals surface area contributed by atoms with E-state index < -0.39 is 0 Å². The fourth-order valence-electron chi connectivity index (χ4n) is 2.31. The minimum absolute atomic E-state index is 0.0456. The van der Waals surface area contributed by atoms with Crippen molar-refractivity contribution in [1.82, 2.24) is 5.32 Å². The van der Waals surface area contributed by atoms with E-state index in [4.69, 9.17) is 0 Å². The normalized spacial score (nSPS) is 15.2. The summed E-state index contributed by atoms with van der Waals surface area (Å²) < 4.78 is 1.19. The fourth-order valence-corrected chi connectivity index (χ4v) is 2.82. The Morgan fingerprint density at radius 3 is 2.55 bits per heavy atom. The first-order chi connectivity index (χ1) is 10.6. The van der Waals surface area contributed by atoms with Gasteiger partial charge < -0.3 is 10.6 Å². The molecule has 1 aliphatic rings. The van der Waals surface area contributed by atoms with E-state index >= 15 is 0 Å². The average molecular weight is 406 g/mol. The lowest BCUT2D eigenvalue weighted by molar-refractivity contribution is -0.122. The molecule has 0 radical (unpaired) electrons. The van der Waals surface area contributed by atoms with Crippen molar-refractivity contribution < 1.29 is 4.79 Å². The van der Waals surface area contributed by atoms with Gasteiger partial charge in [-0.2, -0.15) is 0 Å². The van der Waals surface area contributed by atoms with Crippen LogP contribution in [0.3, 0.4) is 0 Å². The molecule has 0 bridgehead atoms. The number of carbonyl (C=O) groups excluding carboxylic acids is 1. The Morgan fingerprint density at radius 1 is 1.18 bits per heavy atom. The number of benzene rings is 2. The van der Waals surface area contributed by atoms with Gasteiger partial charge in [-0.3, -0.25) is 4.79 Å². The maximum atomic E-state index is 12.6. The molecule has 0 heterocycles. The minimum atomic E-state index is -0.361. The Labute approximate surface area is 144 Å². The van der Waals surface area contributed by atoms with E-state index in [1.807, 2.05) is 36.4 Å². The number of rotatable bonds is 5. The first-order valence-electron chi connectivity index (χ1n) is 7.51. The number of halogens is 1. The molecule has 1 fully saturated rings. The quantitative estimate of drug-likeness (QED) is 0.737. The summed E-state index contributed by atoms with van der Waals surface area (Å²) in [7, 11) is 0. The lowest BCUT2D eigenvalue weighted by Crippen LogP contribution is -2.34. The molecule has 3 rings (SSSR count). The first-order valence-corrected chi connectivity index (χ1v) is 8.59. The van der Waals surface area contributed by atoms with Gasteiger partial charge in [0.15, 0.2) is 0 Å². The summed E-state index contributed by atoms with van der Waals surface area (Å²) >= 11 is 2.32. The van der Waals surface area contributed by atoms with Crippen LogP contribution in [0.4, 0.5) is 5.69 Å². The molecule has 2 N–H and O–H groups in total. The van der Waals surface area contributed by atoms with Gasteiger partial charge in [-0.05, 0) is 65.6 Å². The van der Waals surface area contributed by atoms with Crippen LogP contribution in [0.25, 0.3) is 0 Å². The molecule has 0 aromatic heterocycles. The van der Waals surface area contributed by atoms with E-state index in [1.54, 1.807) is 0 Å². The van der Waals surface area contributed by atoms with Crippen LogP contribution in [0.1, 0.15) is 30.0 Å². The highest BCUT2D eigenvalue weighted by Gasteiger charge is 2.28. The maximum Gasteiger partial charge on any atom is 0.247 e. The topological polar surface area (TPSA) is 41.1 Å². The number of anilines is 1. The Hall–Kier alpha value is -1.56. The molecular formula is C18H19IN2O. The molecule has 3 nitrogen and oxygen atoms in total. The van der Waals surface area contributed by atoms with E-state index in [2.05, 4.69) is 52.3 Å². The third kappa shape index (κ3) is 3.80. The average Bonchev–Trinajstić information content (AvgIpc) is 3.33. The van der Waals surface area contributed by atoms with E-state index in [0.717, 1.165) is 24.1 Å². The van der Waals surface area contributed by atoms with Crippen LogP contribution in [0.5, 0.6) is 0 Å². The third-order valence-electron chi connectivity index (χ3n) is 3.80. The van der Waals surface area contributed by atoms with Gasteiger partial charge in [0.05, 0.1) is 0 Å². The Morgan fingerprint density at radius 2 is 1.91 bits per heavy atom. The fraction of sp³-hybridized carbons (Fsp3) is 0.278. The molecule has 2 aromatic carbocycles. The van der Waals surface area contributed by atoms with Gasteiger partial charge in [0.1, 0.15) is 6.04 Å². The number of hydrogen-bond acceptors (Lipinski definition) is 2. The highest BCUT2D eigenvalue weighted by atomic mass is 127. The zero-order chi connectivity index (χ0) is 15.5. The predicted molar refractivity (Wildman–Crippen MR) is 97.9 cm³/mol. The van der Waals surface area contributed by atoms with Crippen LogP contribution in [0.15, 0.2) is 48.5 Å². The standard InChI is InChI=1S/C18H19IN2O/c1-12-7-8-15(11-16(12)19)20-17(13-5-3-2-4-6-13)18(22)21-14-9-10-14/h2-8,11,14,17,20H,9-10H2,1H3,(H,21,22)/t17-/m0/s1. The van der Waals surface area contributed by atoms with Crippen molar-refractivity contribution >= 4 is 34.2 Å².